The Morgan fingerprint density at radius 2 is 2.00 bits per heavy atom. The smallest absolute Gasteiger partial charge is 0.319 e. The summed E-state index contributed by atoms with van der Waals surface area (Å²) in [6.45, 7) is -0.00686. The summed E-state index contributed by atoms with van der Waals surface area (Å²) in [6.07, 6.45) is -0.857. The highest BCUT2D eigenvalue weighted by Gasteiger charge is 2.14. The highest BCUT2D eigenvalue weighted by molar-refractivity contribution is 5.91. The summed E-state index contributed by atoms with van der Waals surface area (Å²) in [7, 11) is 1.39. The highest BCUT2D eigenvalue weighted by Crippen LogP contribution is 2.28. The molecule has 0 aliphatic carbocycles. The molecule has 2 aromatic carbocycles. The summed E-state index contributed by atoms with van der Waals surface area (Å²) >= 11 is 0. The van der Waals surface area contributed by atoms with E-state index in [1.807, 2.05) is 6.07 Å². The van der Waals surface area contributed by atoms with Gasteiger partial charge < -0.3 is 20.5 Å². The topological polar surface area (TPSA) is 114 Å². The number of carbonyl (C=O) groups is 1. The number of urea groups is 1. The van der Waals surface area contributed by atoms with Gasteiger partial charge in [-0.2, -0.15) is 0 Å². The predicted molar refractivity (Wildman–Crippen MR) is 88.1 cm³/mol. The van der Waals surface area contributed by atoms with Crippen LogP contribution in [0, 0.1) is 10.1 Å². The summed E-state index contributed by atoms with van der Waals surface area (Å²) in [6, 6.07) is 12.1. The van der Waals surface area contributed by atoms with Crippen molar-refractivity contribution in [3.05, 3.63) is 64.2 Å². The molecule has 0 fully saturated rings. The quantitative estimate of drug-likeness (QED) is 0.556. The summed E-state index contributed by atoms with van der Waals surface area (Å²) in [5.41, 5.74) is 0.666. The zero-order valence-electron chi connectivity index (χ0n) is 12.9. The highest BCUT2D eigenvalue weighted by atomic mass is 16.6. The molecule has 0 spiro atoms. The van der Waals surface area contributed by atoms with Gasteiger partial charge in [0.2, 0.25) is 0 Å². The van der Waals surface area contributed by atoms with Crippen LogP contribution in [0.5, 0.6) is 5.75 Å². The number of hydrogen-bond acceptors (Lipinski definition) is 5. The molecule has 2 amide bonds. The van der Waals surface area contributed by atoms with E-state index in [9.17, 15) is 20.0 Å². The van der Waals surface area contributed by atoms with Gasteiger partial charge in [-0.25, -0.2) is 4.79 Å². The van der Waals surface area contributed by atoms with Crippen LogP contribution in [0.3, 0.4) is 0 Å². The molecule has 1 unspecified atom stereocenters. The molecule has 8 heteroatoms. The van der Waals surface area contributed by atoms with Gasteiger partial charge in [-0.1, -0.05) is 30.3 Å². The number of non-ortho nitro benzene ring substituents is 1. The van der Waals surface area contributed by atoms with Gasteiger partial charge in [0.1, 0.15) is 5.75 Å². The van der Waals surface area contributed by atoms with Gasteiger partial charge in [-0.15, -0.1) is 0 Å². The molecular weight excluding hydrogens is 314 g/mol. The van der Waals surface area contributed by atoms with Crippen molar-refractivity contribution >= 4 is 17.4 Å². The Labute approximate surface area is 138 Å². The van der Waals surface area contributed by atoms with Gasteiger partial charge in [0.05, 0.1) is 23.8 Å². The fourth-order valence-corrected chi connectivity index (χ4v) is 2.06. The first-order chi connectivity index (χ1) is 11.5. The second-order valence-electron chi connectivity index (χ2n) is 4.90. The number of anilines is 1. The lowest BCUT2D eigenvalue weighted by Crippen LogP contribution is -2.32. The molecular formula is C16H17N3O5. The molecule has 3 N–H and O–H groups in total. The minimum absolute atomic E-state index is 0.00686. The third-order valence-electron chi connectivity index (χ3n) is 3.28. The number of hydrogen-bond donors (Lipinski definition) is 3. The van der Waals surface area contributed by atoms with Crippen LogP contribution in [0.25, 0.3) is 0 Å². The Balaban J connectivity index is 1.99. The molecule has 8 nitrogen and oxygen atoms in total. The lowest BCUT2D eigenvalue weighted by Gasteiger charge is -2.14. The van der Waals surface area contributed by atoms with Gasteiger partial charge >= 0.3 is 6.03 Å². The van der Waals surface area contributed by atoms with Crippen molar-refractivity contribution in [2.75, 3.05) is 19.0 Å². The Bertz CT molecular complexity index is 721. The third-order valence-corrected chi connectivity index (χ3v) is 3.28. The maximum absolute atomic E-state index is 11.9. The fraction of sp³-hybridized carbons (Fsp3) is 0.188. The van der Waals surface area contributed by atoms with E-state index in [2.05, 4.69) is 10.6 Å². The lowest BCUT2D eigenvalue weighted by atomic mass is 10.1. The number of benzene rings is 2. The minimum atomic E-state index is -0.857. The second kappa shape index (κ2) is 7.93. The molecule has 24 heavy (non-hydrogen) atoms. The van der Waals surface area contributed by atoms with E-state index in [-0.39, 0.29) is 17.9 Å². The number of aliphatic hydroxyl groups excluding tert-OH is 1. The van der Waals surface area contributed by atoms with Crippen molar-refractivity contribution in [1.29, 1.82) is 0 Å². The maximum Gasteiger partial charge on any atom is 0.319 e. The van der Waals surface area contributed by atoms with Gasteiger partial charge in [0.15, 0.2) is 0 Å². The van der Waals surface area contributed by atoms with Crippen LogP contribution in [-0.4, -0.2) is 29.7 Å². The molecule has 0 saturated carbocycles. The number of amides is 2. The van der Waals surface area contributed by atoms with Crippen molar-refractivity contribution in [3.8, 4) is 5.75 Å². The number of ether oxygens (including phenoxy) is 1. The van der Waals surface area contributed by atoms with Crippen LogP contribution in [0.1, 0.15) is 11.7 Å². The summed E-state index contributed by atoms with van der Waals surface area (Å²) in [5, 5.41) is 25.8. The van der Waals surface area contributed by atoms with Gasteiger partial charge in [0, 0.05) is 18.7 Å². The first-order valence-corrected chi connectivity index (χ1v) is 7.11. The number of nitro benzene ring substituents is 1. The molecule has 0 saturated heterocycles. The van der Waals surface area contributed by atoms with E-state index in [0.717, 1.165) is 0 Å². The molecule has 126 valence electrons. The van der Waals surface area contributed by atoms with Crippen molar-refractivity contribution in [2.45, 2.75) is 6.10 Å². The number of rotatable bonds is 6. The summed E-state index contributed by atoms with van der Waals surface area (Å²) in [5.74, 6) is 0.291. The Morgan fingerprint density at radius 3 is 2.62 bits per heavy atom. The third kappa shape index (κ3) is 4.43. The lowest BCUT2D eigenvalue weighted by molar-refractivity contribution is -0.384. The fourth-order valence-electron chi connectivity index (χ4n) is 2.06. The molecule has 1 atom stereocenters. The summed E-state index contributed by atoms with van der Waals surface area (Å²) in [4.78, 5) is 22.2. The van der Waals surface area contributed by atoms with Gasteiger partial charge in [-0.3, -0.25) is 10.1 Å². The molecule has 0 aliphatic heterocycles. The predicted octanol–water partition coefficient (Wildman–Crippen LogP) is 2.46. The average Bonchev–Trinajstić information content (AvgIpc) is 2.60. The number of nitrogens with zero attached hydrogens (tertiary/aromatic N) is 1. The van der Waals surface area contributed by atoms with E-state index >= 15 is 0 Å². The van der Waals surface area contributed by atoms with Crippen LogP contribution in [0.15, 0.2) is 48.5 Å². The van der Waals surface area contributed by atoms with Crippen molar-refractivity contribution < 1.29 is 19.6 Å². The number of nitro groups is 1. The Morgan fingerprint density at radius 1 is 1.29 bits per heavy atom. The molecule has 2 aromatic rings. The van der Waals surface area contributed by atoms with E-state index in [1.54, 1.807) is 24.3 Å². The molecule has 0 aliphatic rings. The largest absolute Gasteiger partial charge is 0.495 e. The zero-order chi connectivity index (χ0) is 17.5. The number of aliphatic hydroxyl groups is 1. The molecule has 2 rings (SSSR count). The molecule has 0 radical (unpaired) electrons. The van der Waals surface area contributed by atoms with Crippen LogP contribution in [0.2, 0.25) is 0 Å². The van der Waals surface area contributed by atoms with E-state index in [4.69, 9.17) is 4.74 Å². The van der Waals surface area contributed by atoms with Crippen molar-refractivity contribution in [1.82, 2.24) is 5.32 Å². The molecule has 0 heterocycles. The SMILES string of the molecule is COc1ccc([N+](=O)[O-])cc1NC(=O)NCC(O)c1ccccc1. The van der Waals surface area contributed by atoms with Gasteiger partial charge in [0.25, 0.3) is 5.69 Å². The number of methoxy groups -OCH3 is 1. The number of carbonyl (C=O) groups excluding carboxylic acids is 1. The maximum atomic E-state index is 11.9. The first-order valence-electron chi connectivity index (χ1n) is 7.11. The van der Waals surface area contributed by atoms with Crippen molar-refractivity contribution in [2.24, 2.45) is 0 Å². The van der Waals surface area contributed by atoms with Crippen LogP contribution in [0.4, 0.5) is 16.2 Å². The molecule has 0 aromatic heterocycles. The minimum Gasteiger partial charge on any atom is -0.495 e. The zero-order valence-corrected chi connectivity index (χ0v) is 12.9. The second-order valence-corrected chi connectivity index (χ2v) is 4.90. The van der Waals surface area contributed by atoms with E-state index in [0.29, 0.717) is 11.3 Å². The van der Waals surface area contributed by atoms with Crippen LogP contribution in [-0.2, 0) is 0 Å². The Kier molecular flexibility index (Phi) is 5.69. The van der Waals surface area contributed by atoms with Crippen LogP contribution < -0.4 is 15.4 Å². The van der Waals surface area contributed by atoms with Crippen LogP contribution >= 0.6 is 0 Å². The monoisotopic (exact) mass is 331 g/mol. The van der Waals surface area contributed by atoms with Gasteiger partial charge in [-0.05, 0) is 11.6 Å². The standard InChI is InChI=1S/C16H17N3O5/c1-24-15-8-7-12(19(22)23)9-13(15)18-16(21)17-10-14(20)11-5-3-2-4-6-11/h2-9,14,20H,10H2,1H3,(H2,17,18,21). The summed E-state index contributed by atoms with van der Waals surface area (Å²) < 4.78 is 5.06. The van der Waals surface area contributed by atoms with E-state index < -0.39 is 17.1 Å². The number of nitrogens with one attached hydrogen (secondary N) is 2. The van der Waals surface area contributed by atoms with Crippen molar-refractivity contribution in [3.63, 3.8) is 0 Å². The normalized spacial score (nSPS) is 11.4. The average molecular weight is 331 g/mol. The molecule has 0 bridgehead atoms. The Hall–Kier alpha value is -3.13. The van der Waals surface area contributed by atoms with E-state index in [1.165, 1.54) is 25.3 Å². The first kappa shape index (κ1) is 17.2.